The lowest BCUT2D eigenvalue weighted by molar-refractivity contribution is 0.0205. The molecule has 1 aromatic heterocycles. The highest BCUT2D eigenvalue weighted by Gasteiger charge is 2.55. The van der Waals surface area contributed by atoms with E-state index in [4.69, 9.17) is 16.3 Å². The lowest BCUT2D eigenvalue weighted by Crippen LogP contribution is -2.51. The van der Waals surface area contributed by atoms with Crippen LogP contribution in [-0.4, -0.2) is 64.3 Å². The fourth-order valence-electron chi connectivity index (χ4n) is 6.54. The predicted octanol–water partition coefficient (Wildman–Crippen LogP) is 5.48. The maximum absolute atomic E-state index is 13.2. The summed E-state index contributed by atoms with van der Waals surface area (Å²) in [6.45, 7) is 7.04. The Morgan fingerprint density at radius 2 is 1.84 bits per heavy atom. The minimum Gasteiger partial charge on any atom is -0.444 e. The van der Waals surface area contributed by atoms with Gasteiger partial charge in [0.15, 0.2) is 0 Å². The molecule has 2 aromatic carbocycles. The number of ether oxygens (including phenoxy) is 1. The van der Waals surface area contributed by atoms with E-state index in [1.807, 2.05) is 37.8 Å². The van der Waals surface area contributed by atoms with Gasteiger partial charge < -0.3 is 14.5 Å². The zero-order chi connectivity index (χ0) is 27.0. The molecule has 7 nitrogen and oxygen atoms in total. The highest BCUT2D eigenvalue weighted by atomic mass is 35.5. The van der Waals surface area contributed by atoms with E-state index in [1.54, 1.807) is 6.07 Å². The third kappa shape index (κ3) is 3.93. The molecule has 0 unspecified atom stereocenters. The smallest absolute Gasteiger partial charge is 0.410 e. The van der Waals surface area contributed by atoms with Gasteiger partial charge in [0.1, 0.15) is 11.4 Å². The van der Waals surface area contributed by atoms with Crippen molar-refractivity contribution in [2.75, 3.05) is 27.2 Å². The molecule has 200 valence electrons. The molecule has 38 heavy (non-hydrogen) atoms. The molecule has 1 spiro atoms. The number of amides is 1. The number of piperidine rings is 1. The van der Waals surface area contributed by atoms with Gasteiger partial charge in [-0.25, -0.2) is 4.79 Å². The van der Waals surface area contributed by atoms with Crippen molar-refractivity contribution < 1.29 is 9.53 Å². The average molecular weight is 535 g/mol. The Morgan fingerprint density at radius 1 is 1.13 bits per heavy atom. The van der Waals surface area contributed by atoms with Gasteiger partial charge in [0.2, 0.25) is 0 Å². The van der Waals surface area contributed by atoms with Gasteiger partial charge >= 0.3 is 6.09 Å². The van der Waals surface area contributed by atoms with Gasteiger partial charge in [-0.1, -0.05) is 29.8 Å². The standard InChI is InChI=1S/C30H35ClN4O3/c1-29(2,3)38-28(37)34-13-11-18(12-14-34)19-9-10-21-24(15-19)35-23-8-6-7-22(31)25(23)26(36)32-27(35)30(21)16-20(17-30)33(4)5/h6-10,15,18,20H,11-14,16-17H2,1-5H3. The van der Waals surface area contributed by atoms with E-state index in [9.17, 15) is 9.59 Å². The molecule has 1 saturated heterocycles. The molecule has 3 aromatic rings. The maximum Gasteiger partial charge on any atom is 0.410 e. The molecule has 0 bridgehead atoms. The van der Waals surface area contributed by atoms with E-state index in [0.717, 1.165) is 42.7 Å². The quantitative estimate of drug-likeness (QED) is 0.435. The Bertz CT molecular complexity index is 1490. The number of hydrogen-bond acceptors (Lipinski definition) is 5. The first-order valence-electron chi connectivity index (χ1n) is 13.5. The highest BCUT2D eigenvalue weighted by molar-refractivity contribution is 6.35. The van der Waals surface area contributed by atoms with Crippen molar-refractivity contribution in [2.45, 2.75) is 69.4 Å². The van der Waals surface area contributed by atoms with Crippen LogP contribution in [0.15, 0.2) is 41.2 Å². The monoisotopic (exact) mass is 534 g/mol. The van der Waals surface area contributed by atoms with Gasteiger partial charge in [0.25, 0.3) is 5.56 Å². The van der Waals surface area contributed by atoms with Gasteiger partial charge in [0.05, 0.1) is 27.0 Å². The molecule has 3 heterocycles. The molecule has 1 amide bonds. The summed E-state index contributed by atoms with van der Waals surface area (Å²) in [5.74, 6) is 1.18. The van der Waals surface area contributed by atoms with E-state index in [-0.39, 0.29) is 17.1 Å². The Morgan fingerprint density at radius 3 is 2.50 bits per heavy atom. The fourth-order valence-corrected chi connectivity index (χ4v) is 6.79. The van der Waals surface area contributed by atoms with E-state index in [2.05, 4.69) is 46.7 Å². The Hall–Kier alpha value is -2.90. The molecular weight excluding hydrogens is 500 g/mol. The van der Waals surface area contributed by atoms with Crippen molar-refractivity contribution in [3.8, 4) is 5.69 Å². The van der Waals surface area contributed by atoms with Crippen molar-refractivity contribution in [3.63, 3.8) is 0 Å². The molecule has 0 radical (unpaired) electrons. The van der Waals surface area contributed by atoms with E-state index in [0.29, 0.717) is 35.5 Å². The first-order chi connectivity index (χ1) is 18.0. The van der Waals surface area contributed by atoms with Crippen LogP contribution in [0.5, 0.6) is 0 Å². The van der Waals surface area contributed by atoms with Crippen molar-refractivity contribution in [1.29, 1.82) is 0 Å². The normalized spacial score (nSPS) is 23.0. The number of aromatic nitrogens is 2. The minimum absolute atomic E-state index is 0.236. The molecule has 3 aliphatic rings. The van der Waals surface area contributed by atoms with E-state index in [1.165, 1.54) is 11.1 Å². The summed E-state index contributed by atoms with van der Waals surface area (Å²) in [4.78, 5) is 34.5. The lowest BCUT2D eigenvalue weighted by Gasteiger charge is -2.48. The molecule has 8 heteroatoms. The van der Waals surface area contributed by atoms with Crippen LogP contribution < -0.4 is 5.56 Å². The average Bonchev–Trinajstić information content (AvgIpc) is 3.11. The van der Waals surface area contributed by atoms with E-state index >= 15 is 0 Å². The number of rotatable bonds is 2. The Balaban J connectivity index is 1.38. The van der Waals surface area contributed by atoms with Crippen LogP contribution in [0.2, 0.25) is 5.02 Å². The lowest BCUT2D eigenvalue weighted by atomic mass is 9.61. The summed E-state index contributed by atoms with van der Waals surface area (Å²) >= 11 is 6.50. The molecular formula is C30H35ClN4O3. The van der Waals surface area contributed by atoms with Gasteiger partial charge in [-0.15, -0.1) is 0 Å². The van der Waals surface area contributed by atoms with Crippen LogP contribution in [-0.2, 0) is 10.2 Å². The van der Waals surface area contributed by atoms with Crippen LogP contribution in [0.4, 0.5) is 4.79 Å². The van der Waals surface area contributed by atoms with Crippen LogP contribution in [0.3, 0.4) is 0 Å². The Labute approximate surface area is 228 Å². The van der Waals surface area contributed by atoms with Crippen molar-refractivity contribution in [3.05, 3.63) is 68.7 Å². The number of benzene rings is 2. The number of likely N-dealkylation sites (tertiary alicyclic amines) is 1. The Kier molecular flexibility index (Phi) is 5.89. The SMILES string of the molecule is CN(C)C1CC2(C1)c1ccc(C3CCN(C(=O)OC(C)(C)C)CC3)cc1-n1c2nc(=O)c2c(Cl)cccc21. The first kappa shape index (κ1) is 25.4. The number of halogens is 1. The maximum atomic E-state index is 13.2. The summed E-state index contributed by atoms with van der Waals surface area (Å²) in [5.41, 5.74) is 3.40. The summed E-state index contributed by atoms with van der Waals surface area (Å²) in [6, 6.07) is 12.9. The van der Waals surface area contributed by atoms with Crippen LogP contribution in [0, 0.1) is 0 Å². The molecule has 2 aliphatic heterocycles. The van der Waals surface area contributed by atoms with E-state index < -0.39 is 5.60 Å². The summed E-state index contributed by atoms with van der Waals surface area (Å²) in [7, 11) is 4.22. The van der Waals surface area contributed by atoms with Crippen molar-refractivity contribution >= 4 is 28.6 Å². The molecule has 2 fully saturated rings. The zero-order valence-electron chi connectivity index (χ0n) is 22.8. The summed E-state index contributed by atoms with van der Waals surface area (Å²) < 4.78 is 7.77. The third-order valence-electron chi connectivity index (χ3n) is 8.59. The second kappa shape index (κ2) is 8.82. The van der Waals surface area contributed by atoms with Crippen LogP contribution in [0.1, 0.15) is 69.3 Å². The molecule has 1 saturated carbocycles. The van der Waals surface area contributed by atoms with Gasteiger partial charge in [-0.05, 0) is 95.8 Å². The van der Waals surface area contributed by atoms with Crippen molar-refractivity contribution in [1.82, 2.24) is 19.4 Å². The third-order valence-corrected chi connectivity index (χ3v) is 8.90. The highest BCUT2D eigenvalue weighted by Crippen LogP contribution is 2.56. The molecule has 1 aliphatic carbocycles. The minimum atomic E-state index is -0.495. The summed E-state index contributed by atoms with van der Waals surface area (Å²) in [6.07, 6.45) is 3.39. The molecule has 6 rings (SSSR count). The van der Waals surface area contributed by atoms with Crippen LogP contribution >= 0.6 is 11.6 Å². The second-order valence-corrected chi connectivity index (χ2v) is 12.7. The molecule has 0 N–H and O–H groups in total. The number of fused-ring (bicyclic) bond motifs is 7. The second-order valence-electron chi connectivity index (χ2n) is 12.3. The van der Waals surface area contributed by atoms with Crippen LogP contribution in [0.25, 0.3) is 16.6 Å². The van der Waals surface area contributed by atoms with Gasteiger partial charge in [-0.3, -0.25) is 9.36 Å². The molecule has 0 atom stereocenters. The predicted molar refractivity (Wildman–Crippen MR) is 150 cm³/mol. The number of nitrogens with zero attached hydrogens (tertiary/aromatic N) is 4. The topological polar surface area (TPSA) is 67.7 Å². The number of hydrogen-bond donors (Lipinski definition) is 0. The van der Waals surface area contributed by atoms with Gasteiger partial charge in [0, 0.05) is 19.1 Å². The number of carbonyl (C=O) groups excluding carboxylic acids is 1. The largest absolute Gasteiger partial charge is 0.444 e. The fraction of sp³-hybridized carbons (Fsp3) is 0.500. The van der Waals surface area contributed by atoms with Crippen molar-refractivity contribution in [2.24, 2.45) is 0 Å². The summed E-state index contributed by atoms with van der Waals surface area (Å²) in [5, 5.41) is 0.906. The number of carbonyl (C=O) groups is 1. The first-order valence-corrected chi connectivity index (χ1v) is 13.9. The zero-order valence-corrected chi connectivity index (χ0v) is 23.5. The van der Waals surface area contributed by atoms with Gasteiger partial charge in [-0.2, -0.15) is 4.98 Å².